The van der Waals surface area contributed by atoms with Crippen LogP contribution in [-0.2, 0) is 32.0 Å². The Balaban J connectivity index is 1.16. The number of aliphatic hydroxyl groups excluding tert-OH is 4. The molecule has 2 fully saturated rings. The van der Waals surface area contributed by atoms with Crippen molar-refractivity contribution in [1.82, 2.24) is 19.5 Å². The fourth-order valence-corrected chi connectivity index (χ4v) is 6.67. The van der Waals surface area contributed by atoms with Gasteiger partial charge in [-0.2, -0.15) is 8.88 Å². The molecular formula is C21H28N7O14P2+. The fraction of sp³-hybridized carbons (Fsp3) is 0.476. The molecule has 4 unspecified atom stereocenters. The first kappa shape index (κ1) is 32.4. The van der Waals surface area contributed by atoms with Crippen LogP contribution in [0.25, 0.3) is 11.2 Å². The van der Waals surface area contributed by atoms with E-state index in [4.69, 9.17) is 25.5 Å². The van der Waals surface area contributed by atoms with E-state index in [0.29, 0.717) is 0 Å². The SMILES string of the molecule is NC(=O)c1ccc[n+]([C@H]2OC(COP(=O)(O)OP(=O)(O)OCC3O[C@@H](n4cnc5c(N)ncnc54)[C@H](O)[C@@H]3O)[C@H](O)[C@@H]2O)c1. The minimum atomic E-state index is -5.37. The van der Waals surface area contributed by atoms with Crippen molar-refractivity contribution in [3.8, 4) is 0 Å². The number of phosphoric ester groups is 2. The Bertz CT molecular complexity index is 1630. The molecule has 10 atom stereocenters. The zero-order valence-corrected chi connectivity index (χ0v) is 24.0. The van der Waals surface area contributed by atoms with E-state index in [2.05, 4.69) is 23.8 Å². The fourth-order valence-electron chi connectivity index (χ4n) is 4.58. The second kappa shape index (κ2) is 12.4. The highest BCUT2D eigenvalue weighted by molar-refractivity contribution is 7.61. The highest BCUT2D eigenvalue weighted by Crippen LogP contribution is 2.60. The molecule has 0 saturated carbocycles. The predicted octanol–water partition coefficient (Wildman–Crippen LogP) is -3.02. The molecule has 1 amide bonds. The summed E-state index contributed by atoms with van der Waals surface area (Å²) in [6.45, 7) is -1.80. The maximum Gasteiger partial charge on any atom is 0.481 e. The number of nitrogens with zero attached hydrogens (tertiary/aromatic N) is 5. The van der Waals surface area contributed by atoms with E-state index >= 15 is 0 Å². The van der Waals surface area contributed by atoms with Gasteiger partial charge < -0.3 is 51.2 Å². The van der Waals surface area contributed by atoms with Crippen molar-refractivity contribution in [1.29, 1.82) is 0 Å². The summed E-state index contributed by atoms with van der Waals surface area (Å²) in [4.78, 5) is 43.3. The van der Waals surface area contributed by atoms with Crippen LogP contribution < -0.4 is 16.0 Å². The molecule has 0 spiro atoms. The molecule has 3 aromatic rings. The Kier molecular flexibility index (Phi) is 9.13. The molecule has 23 heteroatoms. The number of nitrogen functional groups attached to an aromatic ring is 1. The molecular weight excluding hydrogens is 636 g/mol. The van der Waals surface area contributed by atoms with E-state index in [1.807, 2.05) is 0 Å². The first-order valence-electron chi connectivity index (χ1n) is 12.6. The summed E-state index contributed by atoms with van der Waals surface area (Å²) in [5.41, 5.74) is 11.4. The number of imidazole rings is 1. The standard InChI is InChI=1S/C21H27N7O14P2/c22-17-12-19(25-7-24-17)28(8-26-12)21-16(32)14(30)11(41-21)6-39-44(36,37)42-43(34,35)38-5-10-13(29)15(31)20(40-10)27-3-1-2-9(4-27)18(23)33/h1-4,7-8,10-11,13-16,20-21,29-32H,5-6H2,(H5-,22,23,24,25,33,34,35,36,37)/p+1/t10?,11?,13-,14+,15-,16+,20-,21+/m0/s1. The normalized spacial score (nSPS) is 31.6. The van der Waals surface area contributed by atoms with Gasteiger partial charge in [-0.1, -0.05) is 0 Å². The quantitative estimate of drug-likeness (QED) is 0.0747. The van der Waals surface area contributed by atoms with Gasteiger partial charge in [0.15, 0.2) is 36.2 Å². The molecule has 0 aliphatic carbocycles. The van der Waals surface area contributed by atoms with E-state index in [0.717, 1.165) is 6.33 Å². The first-order valence-corrected chi connectivity index (χ1v) is 15.6. The van der Waals surface area contributed by atoms with Crippen molar-refractivity contribution in [2.24, 2.45) is 5.73 Å². The number of ether oxygens (including phenoxy) is 2. The second-order valence-corrected chi connectivity index (χ2v) is 12.7. The largest absolute Gasteiger partial charge is 0.481 e. The summed E-state index contributed by atoms with van der Waals surface area (Å²) >= 11 is 0. The Hall–Kier alpha value is -3.01. The number of hydrogen-bond acceptors (Lipinski definition) is 16. The predicted molar refractivity (Wildman–Crippen MR) is 139 cm³/mol. The molecule has 10 N–H and O–H groups in total. The number of nitrogens with two attached hydrogens (primary N) is 2. The lowest BCUT2D eigenvalue weighted by Crippen LogP contribution is -2.46. The van der Waals surface area contributed by atoms with Gasteiger partial charge in [0.1, 0.15) is 47.9 Å². The van der Waals surface area contributed by atoms with E-state index < -0.39 is 83.8 Å². The summed E-state index contributed by atoms with van der Waals surface area (Å²) in [7, 11) is -10.7. The molecule has 2 aliphatic heterocycles. The first-order chi connectivity index (χ1) is 20.7. The monoisotopic (exact) mass is 664 g/mol. The molecule has 2 saturated heterocycles. The maximum absolute atomic E-state index is 12.4. The number of carbonyl (C=O) groups is 1. The summed E-state index contributed by atoms with van der Waals surface area (Å²) in [6.07, 6.45) is -6.85. The van der Waals surface area contributed by atoms with Crippen LogP contribution in [0, 0.1) is 0 Å². The lowest BCUT2D eigenvalue weighted by molar-refractivity contribution is -0.765. The number of primary amides is 1. The van der Waals surface area contributed by atoms with Gasteiger partial charge in [-0.15, -0.1) is 0 Å². The summed E-state index contributed by atoms with van der Waals surface area (Å²) < 4.78 is 52.0. The van der Waals surface area contributed by atoms with Crippen molar-refractivity contribution in [3.63, 3.8) is 0 Å². The summed E-state index contributed by atoms with van der Waals surface area (Å²) in [5.74, 6) is -0.714. The number of hydrogen-bond donors (Lipinski definition) is 8. The molecule has 3 aromatic heterocycles. The van der Waals surface area contributed by atoms with Gasteiger partial charge in [-0.3, -0.25) is 18.4 Å². The zero-order chi connectivity index (χ0) is 32.0. The minimum Gasteiger partial charge on any atom is -0.387 e. The van der Waals surface area contributed by atoms with Crippen molar-refractivity contribution in [2.75, 3.05) is 18.9 Å². The lowest BCUT2D eigenvalue weighted by atomic mass is 10.1. The molecule has 0 bridgehead atoms. The Labute approximate surface area is 246 Å². The third-order valence-corrected chi connectivity index (χ3v) is 9.35. The van der Waals surface area contributed by atoms with E-state index in [-0.39, 0.29) is 22.5 Å². The summed E-state index contributed by atoms with van der Waals surface area (Å²) in [5, 5.41) is 41.6. The summed E-state index contributed by atoms with van der Waals surface area (Å²) in [6, 6.07) is 2.83. The highest BCUT2D eigenvalue weighted by Gasteiger charge is 2.50. The minimum absolute atomic E-state index is 0.0505. The Morgan fingerprint density at radius 2 is 1.61 bits per heavy atom. The van der Waals surface area contributed by atoms with Crippen molar-refractivity contribution < 1.29 is 71.5 Å². The topological polar surface area (TPSA) is 318 Å². The number of aromatic nitrogens is 5. The van der Waals surface area contributed by atoms with E-state index in [1.165, 1.54) is 40.0 Å². The van der Waals surface area contributed by atoms with Gasteiger partial charge in [-0.05, 0) is 6.07 Å². The van der Waals surface area contributed by atoms with Crippen molar-refractivity contribution >= 4 is 38.5 Å². The molecule has 21 nitrogen and oxygen atoms in total. The number of amides is 1. The maximum atomic E-state index is 12.4. The van der Waals surface area contributed by atoms with Crippen LogP contribution in [0.5, 0.6) is 0 Å². The van der Waals surface area contributed by atoms with Crippen LogP contribution in [0.4, 0.5) is 5.82 Å². The average molecular weight is 664 g/mol. The molecule has 0 radical (unpaired) electrons. The third-order valence-electron chi connectivity index (χ3n) is 6.75. The number of anilines is 1. The lowest BCUT2D eigenvalue weighted by Gasteiger charge is -2.20. The van der Waals surface area contributed by atoms with Crippen LogP contribution in [0.15, 0.2) is 37.2 Å². The van der Waals surface area contributed by atoms with Gasteiger partial charge in [0.05, 0.1) is 19.5 Å². The molecule has 5 heterocycles. The Morgan fingerprint density at radius 3 is 2.27 bits per heavy atom. The molecule has 44 heavy (non-hydrogen) atoms. The highest BCUT2D eigenvalue weighted by atomic mass is 31.3. The number of aliphatic hydroxyl groups is 4. The van der Waals surface area contributed by atoms with Crippen molar-refractivity contribution in [2.45, 2.75) is 49.1 Å². The molecule has 240 valence electrons. The number of rotatable bonds is 11. The van der Waals surface area contributed by atoms with Crippen LogP contribution in [0.2, 0.25) is 0 Å². The third kappa shape index (κ3) is 6.65. The smallest absolute Gasteiger partial charge is 0.387 e. The van der Waals surface area contributed by atoms with Crippen molar-refractivity contribution in [3.05, 3.63) is 42.7 Å². The number of phosphoric acid groups is 2. The second-order valence-electron chi connectivity index (χ2n) is 9.69. The molecule has 2 aliphatic rings. The average Bonchev–Trinajstić information content (AvgIpc) is 3.61. The van der Waals surface area contributed by atoms with Crippen LogP contribution >= 0.6 is 15.6 Å². The molecule has 5 rings (SSSR count). The van der Waals surface area contributed by atoms with Crippen LogP contribution in [0.3, 0.4) is 0 Å². The van der Waals surface area contributed by atoms with E-state index in [9.17, 15) is 44.1 Å². The number of pyridine rings is 1. The van der Waals surface area contributed by atoms with Gasteiger partial charge in [0.25, 0.3) is 12.1 Å². The zero-order valence-electron chi connectivity index (χ0n) is 22.2. The Morgan fingerprint density at radius 1 is 0.977 bits per heavy atom. The number of carbonyl (C=O) groups excluding carboxylic acids is 1. The van der Waals surface area contributed by atoms with E-state index in [1.54, 1.807) is 0 Å². The van der Waals surface area contributed by atoms with Gasteiger partial charge in [0.2, 0.25) is 0 Å². The number of fused-ring (bicyclic) bond motifs is 1. The molecule has 0 aromatic carbocycles. The van der Waals surface area contributed by atoms with Gasteiger partial charge in [-0.25, -0.2) is 24.1 Å². The van der Waals surface area contributed by atoms with Gasteiger partial charge >= 0.3 is 15.6 Å². The van der Waals surface area contributed by atoms with Crippen LogP contribution in [0.1, 0.15) is 22.8 Å². The van der Waals surface area contributed by atoms with Gasteiger partial charge in [0, 0.05) is 6.07 Å². The van der Waals surface area contributed by atoms with Crippen LogP contribution in [-0.4, -0.2) is 105 Å².